The first-order valence-electron chi connectivity index (χ1n) is 32.9. The van der Waals surface area contributed by atoms with Crippen LogP contribution >= 0.6 is 0 Å². The molecule has 6 nitrogen and oxygen atoms in total. The number of pyridine rings is 4. The van der Waals surface area contributed by atoms with Gasteiger partial charge in [0.1, 0.15) is 11.3 Å². The van der Waals surface area contributed by atoms with Gasteiger partial charge in [-0.05, 0) is 96.8 Å². The van der Waals surface area contributed by atoms with E-state index in [-0.39, 0.29) is 23.0 Å². The SMILES string of the molecule is CCCCCCCCCCC(CCCCCCCC)Cn1c(=O)c2cc3cc(-c4ccc(C(F)(F)F)cc4)nc4c3c3c(cc5cc(-c6ccc(C(F)(F)F)cc6)nc1c5c23)c(=O)n4CC(CCCCCCCC)CCCCCCCCCC. The van der Waals surface area contributed by atoms with E-state index in [1.807, 2.05) is 33.4 Å². The van der Waals surface area contributed by atoms with Gasteiger partial charge in [-0.15, -0.1) is 0 Å². The maximum absolute atomic E-state index is 15.9. The highest BCUT2D eigenvalue weighted by Gasteiger charge is 2.32. The van der Waals surface area contributed by atoms with Gasteiger partial charge < -0.3 is 0 Å². The highest BCUT2D eigenvalue weighted by atomic mass is 19.4. The Hall–Kier alpha value is -5.52. The number of unbranched alkanes of at least 4 members (excludes halogenated alkanes) is 24. The van der Waals surface area contributed by atoms with Crippen molar-refractivity contribution in [1.82, 2.24) is 19.1 Å². The van der Waals surface area contributed by atoms with Crippen LogP contribution in [0, 0.1) is 11.8 Å². The van der Waals surface area contributed by atoms with Crippen LogP contribution in [0.5, 0.6) is 0 Å². The van der Waals surface area contributed by atoms with Crippen molar-refractivity contribution in [3.8, 4) is 22.5 Å². The van der Waals surface area contributed by atoms with Crippen LogP contribution in [-0.2, 0) is 25.4 Å². The minimum atomic E-state index is -4.54. The molecule has 4 aromatic carbocycles. The molecule has 0 spiro atoms. The summed E-state index contributed by atoms with van der Waals surface area (Å²) in [5.41, 5.74) is 0.524. The third kappa shape index (κ3) is 16.5. The molecule has 0 fully saturated rings. The third-order valence-electron chi connectivity index (χ3n) is 18.2. The van der Waals surface area contributed by atoms with E-state index in [4.69, 9.17) is 9.97 Å². The molecular weight excluding hydrogens is 1070 g/mol. The van der Waals surface area contributed by atoms with Gasteiger partial charge in [-0.1, -0.05) is 232 Å². The molecule has 0 aliphatic carbocycles. The van der Waals surface area contributed by atoms with Crippen molar-refractivity contribution in [3.63, 3.8) is 0 Å². The summed E-state index contributed by atoms with van der Waals surface area (Å²) in [6.45, 7) is 9.69. The highest BCUT2D eigenvalue weighted by molar-refractivity contribution is 6.35. The fourth-order valence-electron chi connectivity index (χ4n) is 13.3. The summed E-state index contributed by atoms with van der Waals surface area (Å²) in [6.07, 6.45) is 27.3. The molecule has 4 aromatic heterocycles. The normalized spacial score (nSPS) is 13.3. The smallest absolute Gasteiger partial charge is 0.292 e. The lowest BCUT2D eigenvalue weighted by molar-refractivity contribution is -0.138. The number of halogens is 6. The molecule has 0 saturated carbocycles. The van der Waals surface area contributed by atoms with Crippen LogP contribution in [0.1, 0.15) is 244 Å². The lowest BCUT2D eigenvalue weighted by atomic mass is 9.89. The molecule has 456 valence electrons. The summed E-state index contributed by atoms with van der Waals surface area (Å²) in [7, 11) is 0. The van der Waals surface area contributed by atoms with Crippen molar-refractivity contribution >= 4 is 54.4 Å². The Bertz CT molecular complexity index is 3170. The molecule has 2 atom stereocenters. The van der Waals surface area contributed by atoms with Crippen molar-refractivity contribution in [1.29, 1.82) is 0 Å². The van der Waals surface area contributed by atoms with Gasteiger partial charge in [0, 0.05) is 56.5 Å². The fourth-order valence-corrected chi connectivity index (χ4v) is 13.3. The molecule has 0 aliphatic rings. The summed E-state index contributed by atoms with van der Waals surface area (Å²) in [5.74, 6) is 0.296. The fraction of sp³-hybridized carbons (Fsp3) is 0.583. The van der Waals surface area contributed by atoms with Gasteiger partial charge in [-0.25, -0.2) is 9.97 Å². The molecule has 0 radical (unpaired) electrons. The summed E-state index contributed by atoms with van der Waals surface area (Å²) in [5, 5.41) is 4.79. The first-order valence-corrected chi connectivity index (χ1v) is 32.9. The van der Waals surface area contributed by atoms with Gasteiger partial charge in [0.05, 0.1) is 22.5 Å². The van der Waals surface area contributed by atoms with E-state index in [0.29, 0.717) is 90.0 Å². The molecule has 0 bridgehead atoms. The predicted molar refractivity (Wildman–Crippen MR) is 339 cm³/mol. The van der Waals surface area contributed by atoms with Crippen molar-refractivity contribution in [2.45, 2.75) is 259 Å². The minimum absolute atomic E-state index is 0.148. The number of alkyl halides is 6. The van der Waals surface area contributed by atoms with E-state index in [0.717, 1.165) is 127 Å². The lowest BCUT2D eigenvalue weighted by Crippen LogP contribution is -2.28. The predicted octanol–water partition coefficient (Wildman–Crippen LogP) is 22.6. The van der Waals surface area contributed by atoms with Gasteiger partial charge in [0.25, 0.3) is 11.1 Å². The number of benzene rings is 4. The zero-order chi connectivity index (χ0) is 59.6. The van der Waals surface area contributed by atoms with E-state index in [2.05, 4.69) is 27.7 Å². The van der Waals surface area contributed by atoms with E-state index < -0.39 is 23.5 Å². The second-order valence-electron chi connectivity index (χ2n) is 24.8. The standard InChI is InChI=1S/C72H94F6N4O2/c1-5-9-13-17-21-23-27-31-35-51(33-29-25-19-15-11-7-3)49-81-67-63-55(47-61(79-67)53-37-41-57(42-38-53)71(73,74)75)46-60-66-64-56(45-59(65(63)66)69(81)83)48-62(54-39-43-58(44-40-54)72(76,77)78)80-68(64)82(70(60)84)50-52(34-30-26-20-16-12-8-4)36-32-28-24-22-18-14-10-6-2/h37-48,51-52H,5-36,49-50H2,1-4H3. The van der Waals surface area contributed by atoms with E-state index in [9.17, 15) is 26.3 Å². The molecule has 8 aromatic rings. The Kier molecular flexibility index (Phi) is 24.0. The largest absolute Gasteiger partial charge is 0.416 e. The Balaban J connectivity index is 1.31. The average molecular weight is 1160 g/mol. The number of hydrogen-bond donors (Lipinski definition) is 0. The van der Waals surface area contributed by atoms with E-state index in [1.165, 1.54) is 127 Å². The first-order chi connectivity index (χ1) is 40.7. The molecule has 4 heterocycles. The summed E-state index contributed by atoms with van der Waals surface area (Å²) in [6, 6.07) is 17.5. The van der Waals surface area contributed by atoms with Crippen molar-refractivity contribution in [2.75, 3.05) is 0 Å². The van der Waals surface area contributed by atoms with Crippen molar-refractivity contribution in [3.05, 3.63) is 105 Å². The third-order valence-corrected chi connectivity index (χ3v) is 18.2. The van der Waals surface area contributed by atoms with Crippen LogP contribution in [0.25, 0.3) is 76.9 Å². The molecule has 0 N–H and O–H groups in total. The van der Waals surface area contributed by atoms with Gasteiger partial charge >= 0.3 is 12.4 Å². The van der Waals surface area contributed by atoms with Crippen molar-refractivity contribution < 1.29 is 26.3 Å². The lowest BCUT2D eigenvalue weighted by Gasteiger charge is -2.25. The zero-order valence-corrected chi connectivity index (χ0v) is 51.0. The molecule has 12 heteroatoms. The average Bonchev–Trinajstić information content (AvgIpc) is 1.97. The van der Waals surface area contributed by atoms with Gasteiger partial charge in [0.15, 0.2) is 0 Å². The van der Waals surface area contributed by atoms with Gasteiger partial charge in [-0.2, -0.15) is 26.3 Å². The number of nitrogens with zero attached hydrogens (tertiary/aromatic N) is 4. The number of hydrogen-bond acceptors (Lipinski definition) is 4. The quantitative estimate of drug-likeness (QED) is 0.0167. The summed E-state index contributed by atoms with van der Waals surface area (Å²) in [4.78, 5) is 42.4. The monoisotopic (exact) mass is 1160 g/mol. The maximum atomic E-state index is 15.9. The summed E-state index contributed by atoms with van der Waals surface area (Å²) >= 11 is 0. The van der Waals surface area contributed by atoms with Crippen LogP contribution in [0.4, 0.5) is 26.3 Å². The molecule has 0 amide bonds. The zero-order valence-electron chi connectivity index (χ0n) is 51.0. The molecule has 2 unspecified atom stereocenters. The minimum Gasteiger partial charge on any atom is -0.292 e. The van der Waals surface area contributed by atoms with Crippen LogP contribution in [0.2, 0.25) is 0 Å². The molecular formula is C72H94F6N4O2. The second-order valence-corrected chi connectivity index (χ2v) is 24.8. The van der Waals surface area contributed by atoms with Gasteiger partial charge in [-0.3, -0.25) is 18.7 Å². The number of rotatable bonds is 38. The highest BCUT2D eigenvalue weighted by Crippen LogP contribution is 2.44. The van der Waals surface area contributed by atoms with E-state index >= 15 is 9.59 Å². The van der Waals surface area contributed by atoms with Gasteiger partial charge in [0.2, 0.25) is 0 Å². The summed E-state index contributed by atoms with van der Waals surface area (Å²) < 4.78 is 87.7. The molecule has 0 aliphatic heterocycles. The molecule has 8 rings (SSSR count). The van der Waals surface area contributed by atoms with Crippen LogP contribution < -0.4 is 11.1 Å². The van der Waals surface area contributed by atoms with Crippen LogP contribution in [0.15, 0.2) is 82.4 Å². The second kappa shape index (κ2) is 31.2. The number of aromatic nitrogens is 4. The van der Waals surface area contributed by atoms with Crippen molar-refractivity contribution in [2.24, 2.45) is 11.8 Å². The van der Waals surface area contributed by atoms with Crippen LogP contribution in [-0.4, -0.2) is 19.1 Å². The Morgan fingerprint density at radius 3 is 0.917 bits per heavy atom. The molecule has 0 saturated heterocycles. The first kappa shape index (κ1) is 64.5. The molecule has 84 heavy (non-hydrogen) atoms. The Labute approximate surface area is 495 Å². The Morgan fingerprint density at radius 1 is 0.369 bits per heavy atom. The maximum Gasteiger partial charge on any atom is 0.416 e. The van der Waals surface area contributed by atoms with E-state index in [1.54, 1.807) is 0 Å². The van der Waals surface area contributed by atoms with Crippen LogP contribution in [0.3, 0.4) is 0 Å². The topological polar surface area (TPSA) is 69.8 Å². The Morgan fingerprint density at radius 2 is 0.643 bits per heavy atom.